The van der Waals surface area contributed by atoms with Gasteiger partial charge < -0.3 is 0 Å². The standard InChI is InChI=1S/C20H12Br2.4C2H6/c21-17-11-9-13-5-1-3-7-15(13)19(17)20-16-8-4-2-6-14(16)10-12-18(20)22;4*1-2/h1-12H;4*1-2H3. The van der Waals surface area contributed by atoms with Crippen LogP contribution in [0, 0.1) is 0 Å². The molecule has 0 aliphatic heterocycles. The molecule has 0 saturated heterocycles. The van der Waals surface area contributed by atoms with Gasteiger partial charge in [0.05, 0.1) is 0 Å². The number of hydrogen-bond donors (Lipinski definition) is 0. The Morgan fingerprint density at radius 2 is 0.700 bits per heavy atom. The molecule has 0 nitrogen and oxygen atoms in total. The van der Waals surface area contributed by atoms with E-state index in [2.05, 4.69) is 105 Å². The highest BCUT2D eigenvalue weighted by atomic mass is 79.9. The molecule has 4 aromatic carbocycles. The normalized spacial score (nSPS) is 9.00. The monoisotopic (exact) mass is 530 g/mol. The second-order valence-corrected chi connectivity index (χ2v) is 7.00. The van der Waals surface area contributed by atoms with Gasteiger partial charge in [-0.15, -0.1) is 0 Å². The van der Waals surface area contributed by atoms with E-state index >= 15 is 0 Å². The smallest absolute Gasteiger partial charge is 0.0260 e. The van der Waals surface area contributed by atoms with Crippen LogP contribution in [0.5, 0.6) is 0 Å². The Labute approximate surface area is 201 Å². The highest BCUT2D eigenvalue weighted by Gasteiger charge is 2.14. The van der Waals surface area contributed by atoms with Crippen LogP contribution in [0.25, 0.3) is 32.7 Å². The Balaban J connectivity index is 0.000000948. The zero-order valence-electron chi connectivity index (χ0n) is 19.7. The molecule has 4 rings (SSSR count). The molecular formula is C28H36Br2. The van der Waals surface area contributed by atoms with E-state index in [-0.39, 0.29) is 0 Å². The first-order chi connectivity index (χ1) is 14.8. The van der Waals surface area contributed by atoms with Gasteiger partial charge in [0, 0.05) is 20.1 Å². The van der Waals surface area contributed by atoms with Gasteiger partial charge in [0.1, 0.15) is 0 Å². The summed E-state index contributed by atoms with van der Waals surface area (Å²) in [5.74, 6) is 0. The Morgan fingerprint density at radius 1 is 0.400 bits per heavy atom. The van der Waals surface area contributed by atoms with Crippen molar-refractivity contribution >= 4 is 53.4 Å². The molecule has 0 radical (unpaired) electrons. The van der Waals surface area contributed by atoms with Crippen molar-refractivity contribution in [2.75, 3.05) is 0 Å². The van der Waals surface area contributed by atoms with Crippen molar-refractivity contribution in [3.63, 3.8) is 0 Å². The van der Waals surface area contributed by atoms with Crippen LogP contribution in [0.1, 0.15) is 55.4 Å². The van der Waals surface area contributed by atoms with Crippen molar-refractivity contribution in [3.05, 3.63) is 81.7 Å². The van der Waals surface area contributed by atoms with E-state index in [9.17, 15) is 0 Å². The van der Waals surface area contributed by atoms with Crippen LogP contribution in [0.2, 0.25) is 0 Å². The lowest BCUT2D eigenvalue weighted by Gasteiger charge is -2.14. The summed E-state index contributed by atoms with van der Waals surface area (Å²) in [5, 5.41) is 5.02. The number of hydrogen-bond acceptors (Lipinski definition) is 0. The number of halogens is 2. The fourth-order valence-corrected chi connectivity index (χ4v) is 4.09. The van der Waals surface area contributed by atoms with Crippen LogP contribution in [0.15, 0.2) is 81.7 Å². The molecular weight excluding hydrogens is 496 g/mol. The minimum absolute atomic E-state index is 1.11. The van der Waals surface area contributed by atoms with Crippen molar-refractivity contribution in [1.82, 2.24) is 0 Å². The molecule has 0 fully saturated rings. The molecule has 162 valence electrons. The molecule has 0 aliphatic rings. The van der Waals surface area contributed by atoms with E-state index in [1.54, 1.807) is 0 Å². The summed E-state index contributed by atoms with van der Waals surface area (Å²) < 4.78 is 2.23. The molecule has 0 N–H and O–H groups in total. The first-order valence-electron chi connectivity index (χ1n) is 11.1. The predicted octanol–water partition coefficient (Wildman–Crippen LogP) is 11.3. The van der Waals surface area contributed by atoms with Gasteiger partial charge in [-0.1, -0.05) is 148 Å². The van der Waals surface area contributed by atoms with E-state index in [0.717, 1.165) is 8.95 Å². The van der Waals surface area contributed by atoms with Crippen LogP contribution in [-0.4, -0.2) is 0 Å². The van der Waals surface area contributed by atoms with Gasteiger partial charge in [-0.3, -0.25) is 0 Å². The molecule has 0 unspecified atom stereocenters. The van der Waals surface area contributed by atoms with E-state index in [4.69, 9.17) is 0 Å². The summed E-state index contributed by atoms with van der Waals surface area (Å²) in [6.07, 6.45) is 0. The quantitative estimate of drug-likeness (QED) is 0.229. The van der Waals surface area contributed by atoms with Crippen molar-refractivity contribution in [3.8, 4) is 11.1 Å². The Bertz CT molecular complexity index is 920. The van der Waals surface area contributed by atoms with E-state index in [0.29, 0.717) is 0 Å². The summed E-state index contributed by atoms with van der Waals surface area (Å²) >= 11 is 7.51. The fraction of sp³-hybridized carbons (Fsp3) is 0.286. The lowest BCUT2D eigenvalue weighted by molar-refractivity contribution is 1.50. The molecule has 0 atom stereocenters. The molecule has 0 saturated carbocycles. The third-order valence-corrected chi connectivity index (χ3v) is 5.33. The van der Waals surface area contributed by atoms with Crippen molar-refractivity contribution in [2.24, 2.45) is 0 Å². The van der Waals surface area contributed by atoms with Crippen molar-refractivity contribution in [1.29, 1.82) is 0 Å². The van der Waals surface area contributed by atoms with Gasteiger partial charge in [-0.2, -0.15) is 0 Å². The molecule has 2 heteroatoms. The van der Waals surface area contributed by atoms with Crippen LogP contribution < -0.4 is 0 Å². The highest BCUT2D eigenvalue weighted by molar-refractivity contribution is 9.11. The minimum Gasteiger partial charge on any atom is -0.0683 e. The van der Waals surface area contributed by atoms with E-state index in [1.165, 1.54) is 32.7 Å². The maximum atomic E-state index is 3.75. The number of benzene rings is 4. The minimum atomic E-state index is 1.11. The van der Waals surface area contributed by atoms with Crippen molar-refractivity contribution in [2.45, 2.75) is 55.4 Å². The second kappa shape index (κ2) is 16.1. The van der Waals surface area contributed by atoms with Crippen LogP contribution >= 0.6 is 31.9 Å². The topological polar surface area (TPSA) is 0 Å². The SMILES string of the molecule is Brc1ccc2ccccc2c1-c1c(Br)ccc2ccccc12.CC.CC.CC.CC. The maximum Gasteiger partial charge on any atom is 0.0260 e. The summed E-state index contributed by atoms with van der Waals surface area (Å²) in [4.78, 5) is 0. The van der Waals surface area contributed by atoms with Gasteiger partial charge in [-0.05, 0) is 33.7 Å². The lowest BCUT2D eigenvalue weighted by atomic mass is 9.94. The third-order valence-electron chi connectivity index (χ3n) is 4.01. The molecule has 0 bridgehead atoms. The van der Waals surface area contributed by atoms with E-state index < -0.39 is 0 Å². The average molecular weight is 532 g/mol. The molecule has 0 heterocycles. The molecule has 4 aromatic rings. The summed E-state index contributed by atoms with van der Waals surface area (Å²) in [7, 11) is 0. The summed E-state index contributed by atoms with van der Waals surface area (Å²) in [6.45, 7) is 16.0. The predicted molar refractivity (Wildman–Crippen MR) is 148 cm³/mol. The summed E-state index contributed by atoms with van der Waals surface area (Å²) in [5.41, 5.74) is 2.48. The fourth-order valence-electron chi connectivity index (χ4n) is 3.00. The molecule has 0 amide bonds. The molecule has 0 aliphatic carbocycles. The first kappa shape index (κ1) is 28.4. The highest BCUT2D eigenvalue weighted by Crippen LogP contribution is 2.42. The first-order valence-corrected chi connectivity index (χ1v) is 12.7. The largest absolute Gasteiger partial charge is 0.0683 e. The Kier molecular flexibility index (Phi) is 15.2. The molecule has 0 aromatic heterocycles. The van der Waals surface area contributed by atoms with Crippen LogP contribution in [0.3, 0.4) is 0 Å². The van der Waals surface area contributed by atoms with Gasteiger partial charge in [0.25, 0.3) is 0 Å². The molecule has 0 spiro atoms. The Hall–Kier alpha value is -1.64. The second-order valence-electron chi connectivity index (χ2n) is 5.29. The van der Waals surface area contributed by atoms with Gasteiger partial charge >= 0.3 is 0 Å². The van der Waals surface area contributed by atoms with Crippen LogP contribution in [0.4, 0.5) is 0 Å². The van der Waals surface area contributed by atoms with Crippen LogP contribution in [-0.2, 0) is 0 Å². The van der Waals surface area contributed by atoms with Gasteiger partial charge in [0.2, 0.25) is 0 Å². The number of rotatable bonds is 1. The number of fused-ring (bicyclic) bond motifs is 2. The summed E-state index contributed by atoms with van der Waals surface area (Å²) in [6, 6.07) is 25.6. The lowest BCUT2D eigenvalue weighted by Crippen LogP contribution is -1.87. The zero-order chi connectivity index (χ0) is 23.1. The van der Waals surface area contributed by atoms with Gasteiger partial charge in [-0.25, -0.2) is 0 Å². The molecule has 30 heavy (non-hydrogen) atoms. The zero-order valence-corrected chi connectivity index (χ0v) is 22.9. The Morgan fingerprint density at radius 3 is 1.03 bits per heavy atom. The van der Waals surface area contributed by atoms with E-state index in [1.807, 2.05) is 55.4 Å². The third kappa shape index (κ3) is 6.68. The average Bonchev–Trinajstić information content (AvgIpc) is 2.85. The maximum absolute atomic E-state index is 3.75. The van der Waals surface area contributed by atoms with Crippen molar-refractivity contribution < 1.29 is 0 Å². The van der Waals surface area contributed by atoms with Gasteiger partial charge in [0.15, 0.2) is 0 Å².